The third kappa shape index (κ3) is 2.86. The number of hydrogen-bond acceptors (Lipinski definition) is 4. The summed E-state index contributed by atoms with van der Waals surface area (Å²) >= 11 is 0. The molecular formula is C17H19FN2O3. The van der Waals surface area contributed by atoms with Gasteiger partial charge in [0.1, 0.15) is 11.5 Å². The van der Waals surface area contributed by atoms with E-state index >= 15 is 0 Å². The van der Waals surface area contributed by atoms with E-state index in [1.165, 1.54) is 24.1 Å². The number of halogens is 1. The number of carbonyl (C=O) groups excluding carboxylic acids is 2. The second-order valence-corrected chi connectivity index (χ2v) is 5.68. The van der Waals surface area contributed by atoms with Crippen molar-refractivity contribution in [1.29, 1.82) is 0 Å². The lowest BCUT2D eigenvalue weighted by atomic mass is 10.0. The van der Waals surface area contributed by atoms with Crippen LogP contribution < -0.4 is 0 Å². The molecule has 1 aromatic carbocycles. The summed E-state index contributed by atoms with van der Waals surface area (Å²) in [5, 5.41) is 0. The zero-order chi connectivity index (χ0) is 16.4. The smallest absolute Gasteiger partial charge is 0.277 e. The number of amides is 2. The summed E-state index contributed by atoms with van der Waals surface area (Å²) in [6.45, 7) is 2.03. The number of nitrogens with zero attached hydrogens (tertiary/aromatic N) is 2. The van der Waals surface area contributed by atoms with Gasteiger partial charge in [-0.25, -0.2) is 4.39 Å². The highest BCUT2D eigenvalue weighted by Gasteiger charge is 2.41. The molecular weight excluding hydrogens is 299 g/mol. The molecule has 5 nitrogen and oxygen atoms in total. The lowest BCUT2D eigenvalue weighted by Crippen LogP contribution is -2.36. The Labute approximate surface area is 134 Å². The van der Waals surface area contributed by atoms with Gasteiger partial charge in [-0.15, -0.1) is 0 Å². The molecule has 2 heterocycles. The molecule has 0 atom stereocenters. The zero-order valence-electron chi connectivity index (χ0n) is 13.0. The molecule has 0 aromatic heterocycles. The molecule has 1 saturated heterocycles. The molecule has 2 aliphatic heterocycles. The monoisotopic (exact) mass is 318 g/mol. The minimum atomic E-state index is -0.370. The van der Waals surface area contributed by atoms with Crippen LogP contribution in [0.15, 0.2) is 30.0 Å². The number of benzene rings is 1. The molecule has 23 heavy (non-hydrogen) atoms. The van der Waals surface area contributed by atoms with Gasteiger partial charge in [-0.3, -0.25) is 14.5 Å². The molecule has 0 bridgehead atoms. The van der Waals surface area contributed by atoms with E-state index in [9.17, 15) is 14.0 Å². The fourth-order valence-corrected chi connectivity index (χ4v) is 3.06. The maximum absolute atomic E-state index is 13.2. The largest absolute Gasteiger partial charge is 0.383 e. The van der Waals surface area contributed by atoms with E-state index in [-0.39, 0.29) is 24.2 Å². The van der Waals surface area contributed by atoms with Gasteiger partial charge in [0.05, 0.1) is 18.7 Å². The molecule has 6 heteroatoms. The molecule has 0 saturated carbocycles. The minimum Gasteiger partial charge on any atom is -0.383 e. The summed E-state index contributed by atoms with van der Waals surface area (Å²) < 4.78 is 18.2. The van der Waals surface area contributed by atoms with Gasteiger partial charge in [0.25, 0.3) is 11.8 Å². The van der Waals surface area contributed by atoms with Crippen molar-refractivity contribution in [2.45, 2.75) is 12.8 Å². The van der Waals surface area contributed by atoms with Crippen LogP contribution in [0.1, 0.15) is 18.4 Å². The SMILES string of the molecule is COCCN1C(=O)C(c2ccc(F)cc2)=C(N2CCCC2)C1=O. The standard InChI is InChI=1S/C17H19FN2O3/c1-23-11-10-20-16(21)14(12-4-6-13(18)7-5-12)15(17(20)22)19-8-2-3-9-19/h4-7H,2-3,8-11H2,1H3. The Kier molecular flexibility index (Phi) is 4.43. The molecule has 1 aromatic rings. The van der Waals surface area contributed by atoms with Gasteiger partial charge in [-0.1, -0.05) is 12.1 Å². The number of rotatable bonds is 5. The molecule has 0 radical (unpaired) electrons. The third-order valence-electron chi connectivity index (χ3n) is 4.22. The summed E-state index contributed by atoms with van der Waals surface area (Å²) in [7, 11) is 1.53. The van der Waals surface area contributed by atoms with Crippen LogP contribution in [0, 0.1) is 5.82 Å². The molecule has 2 amide bonds. The van der Waals surface area contributed by atoms with Gasteiger partial charge in [0.2, 0.25) is 0 Å². The highest BCUT2D eigenvalue weighted by atomic mass is 19.1. The average molecular weight is 318 g/mol. The predicted octanol–water partition coefficient (Wildman–Crippen LogP) is 1.65. The van der Waals surface area contributed by atoms with Crippen molar-refractivity contribution in [3.05, 3.63) is 41.3 Å². The Morgan fingerprint density at radius 1 is 1.09 bits per heavy atom. The van der Waals surface area contributed by atoms with Crippen molar-refractivity contribution in [2.24, 2.45) is 0 Å². The Bertz CT molecular complexity index is 648. The van der Waals surface area contributed by atoms with Crippen LogP contribution in [0.2, 0.25) is 0 Å². The van der Waals surface area contributed by atoms with Crippen LogP contribution in [0.5, 0.6) is 0 Å². The van der Waals surface area contributed by atoms with E-state index < -0.39 is 0 Å². The van der Waals surface area contributed by atoms with Gasteiger partial charge < -0.3 is 9.64 Å². The lowest BCUT2D eigenvalue weighted by Gasteiger charge is -2.20. The van der Waals surface area contributed by atoms with Crippen molar-refractivity contribution in [1.82, 2.24) is 9.80 Å². The fraction of sp³-hybridized carbons (Fsp3) is 0.412. The first-order chi connectivity index (χ1) is 11.1. The first-order valence-corrected chi connectivity index (χ1v) is 7.74. The van der Waals surface area contributed by atoms with E-state index in [1.54, 1.807) is 12.1 Å². The molecule has 0 unspecified atom stereocenters. The Morgan fingerprint density at radius 2 is 1.74 bits per heavy atom. The van der Waals surface area contributed by atoms with Crippen molar-refractivity contribution < 1.29 is 18.7 Å². The average Bonchev–Trinajstić information content (AvgIpc) is 3.14. The van der Waals surface area contributed by atoms with Gasteiger partial charge >= 0.3 is 0 Å². The summed E-state index contributed by atoms with van der Waals surface area (Å²) in [5.74, 6) is -0.987. The summed E-state index contributed by atoms with van der Waals surface area (Å²) in [4.78, 5) is 28.7. The second-order valence-electron chi connectivity index (χ2n) is 5.68. The van der Waals surface area contributed by atoms with Gasteiger partial charge in [0, 0.05) is 20.2 Å². The minimum absolute atomic E-state index is 0.218. The first kappa shape index (κ1) is 15.7. The predicted molar refractivity (Wildman–Crippen MR) is 82.7 cm³/mol. The normalized spacial score (nSPS) is 18.5. The van der Waals surface area contributed by atoms with Crippen LogP contribution in [0.25, 0.3) is 5.57 Å². The summed E-state index contributed by atoms with van der Waals surface area (Å²) in [6.07, 6.45) is 2.00. The molecule has 1 fully saturated rings. The number of ether oxygens (including phenoxy) is 1. The molecule has 2 aliphatic rings. The molecule has 122 valence electrons. The number of likely N-dealkylation sites (tertiary alicyclic amines) is 1. The molecule has 0 aliphatic carbocycles. The Balaban J connectivity index is 2.02. The van der Waals surface area contributed by atoms with E-state index in [0.29, 0.717) is 23.4 Å². The number of imide groups is 1. The fourth-order valence-electron chi connectivity index (χ4n) is 3.06. The molecule has 0 N–H and O–H groups in total. The van der Waals surface area contributed by atoms with E-state index in [2.05, 4.69) is 0 Å². The van der Waals surface area contributed by atoms with Crippen LogP contribution in [0.3, 0.4) is 0 Å². The zero-order valence-corrected chi connectivity index (χ0v) is 13.0. The Morgan fingerprint density at radius 3 is 2.35 bits per heavy atom. The van der Waals surface area contributed by atoms with E-state index in [1.807, 2.05) is 4.90 Å². The van der Waals surface area contributed by atoms with Crippen molar-refractivity contribution in [3.8, 4) is 0 Å². The van der Waals surface area contributed by atoms with Gasteiger partial charge in [-0.05, 0) is 30.5 Å². The quantitative estimate of drug-likeness (QED) is 0.775. The molecule has 0 spiro atoms. The van der Waals surface area contributed by atoms with E-state index in [4.69, 9.17) is 4.74 Å². The van der Waals surface area contributed by atoms with Crippen LogP contribution in [-0.4, -0.2) is 55.0 Å². The Hall–Kier alpha value is -2.21. The van der Waals surface area contributed by atoms with E-state index in [0.717, 1.165) is 25.9 Å². The lowest BCUT2D eigenvalue weighted by molar-refractivity contribution is -0.138. The summed E-state index contributed by atoms with van der Waals surface area (Å²) in [6, 6.07) is 5.70. The first-order valence-electron chi connectivity index (χ1n) is 7.74. The van der Waals surface area contributed by atoms with Gasteiger partial charge in [-0.2, -0.15) is 0 Å². The highest BCUT2D eigenvalue weighted by molar-refractivity contribution is 6.35. The van der Waals surface area contributed by atoms with Crippen molar-refractivity contribution in [2.75, 3.05) is 33.4 Å². The maximum atomic E-state index is 13.2. The number of hydrogen-bond donors (Lipinski definition) is 0. The highest BCUT2D eigenvalue weighted by Crippen LogP contribution is 2.33. The van der Waals surface area contributed by atoms with Crippen LogP contribution >= 0.6 is 0 Å². The summed E-state index contributed by atoms with van der Waals surface area (Å²) in [5.41, 5.74) is 1.38. The van der Waals surface area contributed by atoms with Crippen molar-refractivity contribution in [3.63, 3.8) is 0 Å². The number of methoxy groups -OCH3 is 1. The second kappa shape index (κ2) is 6.50. The topological polar surface area (TPSA) is 49.9 Å². The molecule has 3 rings (SSSR count). The van der Waals surface area contributed by atoms with Crippen LogP contribution in [0.4, 0.5) is 4.39 Å². The maximum Gasteiger partial charge on any atom is 0.277 e. The van der Waals surface area contributed by atoms with Crippen LogP contribution in [-0.2, 0) is 14.3 Å². The van der Waals surface area contributed by atoms with Gasteiger partial charge in [0.15, 0.2) is 0 Å². The van der Waals surface area contributed by atoms with Crippen molar-refractivity contribution >= 4 is 17.4 Å². The third-order valence-corrected chi connectivity index (χ3v) is 4.22. The number of carbonyl (C=O) groups is 2.